The van der Waals surface area contributed by atoms with E-state index in [0.717, 1.165) is 31.0 Å². The van der Waals surface area contributed by atoms with Gasteiger partial charge in [0.1, 0.15) is 11.5 Å². The maximum absolute atomic E-state index is 9.17. The molecule has 0 amide bonds. The lowest BCUT2D eigenvalue weighted by molar-refractivity contribution is 0.185. The van der Waals surface area contributed by atoms with Gasteiger partial charge in [0.2, 0.25) is 0 Å². The van der Waals surface area contributed by atoms with Gasteiger partial charge >= 0.3 is 0 Å². The maximum Gasteiger partial charge on any atom is 0.127 e. The van der Waals surface area contributed by atoms with Crippen LogP contribution in [0.3, 0.4) is 0 Å². The minimum Gasteiger partial charge on any atom is -0.457 e. The molecule has 0 saturated carbocycles. The maximum atomic E-state index is 9.17. The molecule has 0 bridgehead atoms. The third kappa shape index (κ3) is 3.43. The normalized spacial score (nSPS) is 18.8. The van der Waals surface area contributed by atoms with E-state index in [1.165, 1.54) is 12.0 Å². The minimum absolute atomic E-state index is 0.219. The molecular formula is C18H21NO2. The van der Waals surface area contributed by atoms with Crippen molar-refractivity contribution in [3.63, 3.8) is 0 Å². The summed E-state index contributed by atoms with van der Waals surface area (Å²) in [5.74, 6) is 1.72. The average Bonchev–Trinajstić information content (AvgIpc) is 2.97. The lowest BCUT2D eigenvalue weighted by atomic mass is 10.0. The highest BCUT2D eigenvalue weighted by Crippen LogP contribution is 2.33. The van der Waals surface area contributed by atoms with Crippen molar-refractivity contribution < 1.29 is 9.84 Å². The Morgan fingerprint density at radius 1 is 1.05 bits per heavy atom. The zero-order valence-corrected chi connectivity index (χ0v) is 12.1. The first-order chi connectivity index (χ1) is 10.4. The van der Waals surface area contributed by atoms with Gasteiger partial charge in [-0.2, -0.15) is 0 Å². The number of hydrogen-bond donors (Lipinski definition) is 1. The number of para-hydroxylation sites is 1. The van der Waals surface area contributed by atoms with Crippen molar-refractivity contribution in [3.8, 4) is 11.5 Å². The Bertz CT molecular complexity index is 570. The molecule has 110 valence electrons. The van der Waals surface area contributed by atoms with Crippen LogP contribution >= 0.6 is 0 Å². The molecule has 0 radical (unpaired) electrons. The second kappa shape index (κ2) is 6.74. The highest BCUT2D eigenvalue weighted by molar-refractivity contribution is 5.35. The van der Waals surface area contributed by atoms with E-state index in [4.69, 9.17) is 4.74 Å². The predicted molar refractivity (Wildman–Crippen MR) is 83.6 cm³/mol. The van der Waals surface area contributed by atoms with Crippen LogP contribution in [0.25, 0.3) is 0 Å². The van der Waals surface area contributed by atoms with Gasteiger partial charge < -0.3 is 9.84 Å². The molecule has 3 heteroatoms. The van der Waals surface area contributed by atoms with Gasteiger partial charge in [-0.3, -0.25) is 4.90 Å². The molecule has 2 aromatic carbocycles. The third-order valence-corrected chi connectivity index (χ3v) is 3.97. The largest absolute Gasteiger partial charge is 0.457 e. The Balaban J connectivity index is 1.77. The number of nitrogens with zero attached hydrogens (tertiary/aromatic N) is 1. The van der Waals surface area contributed by atoms with Crippen LogP contribution in [0.15, 0.2) is 54.6 Å². The summed E-state index contributed by atoms with van der Waals surface area (Å²) < 4.78 is 5.91. The van der Waals surface area contributed by atoms with Gasteiger partial charge in [0.05, 0.1) is 6.61 Å². The van der Waals surface area contributed by atoms with Crippen molar-refractivity contribution >= 4 is 0 Å². The van der Waals surface area contributed by atoms with Crippen LogP contribution in [0.4, 0.5) is 0 Å². The Hall–Kier alpha value is -1.84. The molecule has 1 unspecified atom stereocenters. The monoisotopic (exact) mass is 283 g/mol. The van der Waals surface area contributed by atoms with Crippen LogP contribution in [0.5, 0.6) is 11.5 Å². The second-order valence-corrected chi connectivity index (χ2v) is 5.41. The number of rotatable bonds is 5. The number of aliphatic hydroxyl groups excluding tert-OH is 1. The summed E-state index contributed by atoms with van der Waals surface area (Å²) in [5.41, 5.74) is 1.27. The highest BCUT2D eigenvalue weighted by atomic mass is 16.5. The first kappa shape index (κ1) is 14.1. The van der Waals surface area contributed by atoms with E-state index in [9.17, 15) is 5.11 Å². The SMILES string of the molecule is OCCN1CCCC1c1cccc(Oc2ccccc2)c1. The van der Waals surface area contributed by atoms with Crippen molar-refractivity contribution in [2.24, 2.45) is 0 Å². The Labute approximate surface area is 125 Å². The number of benzene rings is 2. The van der Waals surface area contributed by atoms with Gasteiger partial charge in [0.25, 0.3) is 0 Å². The van der Waals surface area contributed by atoms with Crippen LogP contribution in [-0.2, 0) is 0 Å². The number of ether oxygens (including phenoxy) is 1. The first-order valence-electron chi connectivity index (χ1n) is 7.54. The van der Waals surface area contributed by atoms with Crippen LogP contribution in [0.2, 0.25) is 0 Å². The predicted octanol–water partition coefficient (Wildman–Crippen LogP) is 3.61. The summed E-state index contributed by atoms with van der Waals surface area (Å²) in [6.45, 7) is 2.03. The first-order valence-corrected chi connectivity index (χ1v) is 7.54. The minimum atomic E-state index is 0.219. The molecule has 1 aliphatic heterocycles. The summed E-state index contributed by atoms with van der Waals surface area (Å²) in [6, 6.07) is 18.5. The van der Waals surface area contributed by atoms with Crippen molar-refractivity contribution in [1.29, 1.82) is 0 Å². The number of aliphatic hydroxyl groups is 1. The molecular weight excluding hydrogens is 262 g/mol. The Morgan fingerprint density at radius 2 is 1.86 bits per heavy atom. The molecule has 0 spiro atoms. The molecule has 1 heterocycles. The molecule has 0 aromatic heterocycles. The fraction of sp³-hybridized carbons (Fsp3) is 0.333. The summed E-state index contributed by atoms with van der Waals surface area (Å²) in [4.78, 5) is 2.35. The summed E-state index contributed by atoms with van der Waals surface area (Å²) in [6.07, 6.45) is 2.34. The van der Waals surface area contributed by atoms with Gasteiger partial charge in [0.15, 0.2) is 0 Å². The number of likely N-dealkylation sites (tertiary alicyclic amines) is 1. The molecule has 1 saturated heterocycles. The van der Waals surface area contributed by atoms with Crippen LogP contribution < -0.4 is 4.74 Å². The molecule has 2 aromatic rings. The molecule has 1 aliphatic rings. The Kier molecular flexibility index (Phi) is 4.53. The van der Waals surface area contributed by atoms with Gasteiger partial charge in [-0.15, -0.1) is 0 Å². The smallest absolute Gasteiger partial charge is 0.127 e. The van der Waals surface area contributed by atoms with E-state index in [-0.39, 0.29) is 6.61 Å². The van der Waals surface area contributed by atoms with E-state index < -0.39 is 0 Å². The van der Waals surface area contributed by atoms with Gasteiger partial charge in [-0.05, 0) is 49.2 Å². The average molecular weight is 283 g/mol. The van der Waals surface area contributed by atoms with E-state index in [1.807, 2.05) is 42.5 Å². The fourth-order valence-electron chi connectivity index (χ4n) is 3.01. The fourth-order valence-corrected chi connectivity index (χ4v) is 3.01. The van der Waals surface area contributed by atoms with Crippen molar-refractivity contribution in [1.82, 2.24) is 4.90 Å². The molecule has 3 rings (SSSR count). The lowest BCUT2D eigenvalue weighted by Gasteiger charge is -2.24. The second-order valence-electron chi connectivity index (χ2n) is 5.41. The van der Waals surface area contributed by atoms with E-state index in [0.29, 0.717) is 6.04 Å². The van der Waals surface area contributed by atoms with Crippen LogP contribution in [0.1, 0.15) is 24.4 Å². The summed E-state index contributed by atoms with van der Waals surface area (Å²) in [5, 5.41) is 9.17. The van der Waals surface area contributed by atoms with Crippen LogP contribution in [-0.4, -0.2) is 29.7 Å². The molecule has 21 heavy (non-hydrogen) atoms. The third-order valence-electron chi connectivity index (χ3n) is 3.97. The van der Waals surface area contributed by atoms with Crippen molar-refractivity contribution in [3.05, 3.63) is 60.2 Å². The summed E-state index contributed by atoms with van der Waals surface area (Å²) >= 11 is 0. The molecule has 3 nitrogen and oxygen atoms in total. The number of β-amino-alcohol motifs (C(OH)–C–C–N with tert-alkyl or cyclic N) is 1. The standard InChI is InChI=1S/C18H21NO2/c20-13-12-19-11-5-10-18(19)15-6-4-9-17(14-15)21-16-7-2-1-3-8-16/h1-4,6-9,14,18,20H,5,10-13H2. The summed E-state index contributed by atoms with van der Waals surface area (Å²) in [7, 11) is 0. The number of hydrogen-bond acceptors (Lipinski definition) is 3. The van der Waals surface area contributed by atoms with E-state index in [1.54, 1.807) is 0 Å². The topological polar surface area (TPSA) is 32.7 Å². The quantitative estimate of drug-likeness (QED) is 0.910. The van der Waals surface area contributed by atoms with Gasteiger partial charge in [-0.1, -0.05) is 30.3 Å². The molecule has 0 aliphatic carbocycles. The van der Waals surface area contributed by atoms with E-state index >= 15 is 0 Å². The lowest BCUT2D eigenvalue weighted by Crippen LogP contribution is -2.26. The molecule has 1 N–H and O–H groups in total. The van der Waals surface area contributed by atoms with Crippen LogP contribution in [0, 0.1) is 0 Å². The highest BCUT2D eigenvalue weighted by Gasteiger charge is 2.25. The van der Waals surface area contributed by atoms with Gasteiger partial charge in [0, 0.05) is 12.6 Å². The zero-order chi connectivity index (χ0) is 14.5. The van der Waals surface area contributed by atoms with Gasteiger partial charge in [-0.25, -0.2) is 0 Å². The Morgan fingerprint density at radius 3 is 2.67 bits per heavy atom. The van der Waals surface area contributed by atoms with Crippen molar-refractivity contribution in [2.45, 2.75) is 18.9 Å². The van der Waals surface area contributed by atoms with Crippen molar-refractivity contribution in [2.75, 3.05) is 19.7 Å². The molecule has 1 fully saturated rings. The zero-order valence-electron chi connectivity index (χ0n) is 12.1. The molecule has 1 atom stereocenters. The van der Waals surface area contributed by atoms with E-state index in [2.05, 4.69) is 17.0 Å².